The Balaban J connectivity index is 1.62. The highest BCUT2D eigenvalue weighted by Gasteiger charge is 2.15. The lowest BCUT2D eigenvalue weighted by molar-refractivity contribution is 0.174. The Morgan fingerprint density at radius 2 is 1.90 bits per heavy atom. The van der Waals surface area contributed by atoms with Gasteiger partial charge in [-0.1, -0.05) is 29.3 Å². The molecule has 7 nitrogen and oxygen atoms in total. The molecular weight excluding hydrogens is 441 g/mol. The van der Waals surface area contributed by atoms with E-state index in [0.717, 1.165) is 5.56 Å². The van der Waals surface area contributed by atoms with Crippen LogP contribution < -0.4 is 18.9 Å². The first-order valence-corrected chi connectivity index (χ1v) is 9.81. The zero-order valence-corrected chi connectivity index (χ0v) is 17.8. The van der Waals surface area contributed by atoms with Crippen LogP contribution >= 0.6 is 23.2 Å². The summed E-state index contributed by atoms with van der Waals surface area (Å²) in [6, 6.07) is 9.32. The largest absolute Gasteiger partial charge is 0.491 e. The molecule has 0 saturated carbocycles. The highest BCUT2D eigenvalue weighted by Crippen LogP contribution is 2.35. The van der Waals surface area contributed by atoms with Crippen LogP contribution in [0.4, 0.5) is 0 Å². The van der Waals surface area contributed by atoms with E-state index in [2.05, 4.69) is 16.0 Å². The third-order valence-corrected chi connectivity index (χ3v) is 5.06. The van der Waals surface area contributed by atoms with Crippen LogP contribution in [0.1, 0.15) is 16.8 Å². The Labute approximate surface area is 188 Å². The first-order valence-electron chi connectivity index (χ1n) is 9.05. The van der Waals surface area contributed by atoms with Crippen molar-refractivity contribution in [1.29, 1.82) is 5.26 Å². The highest BCUT2D eigenvalue weighted by atomic mass is 35.5. The van der Waals surface area contributed by atoms with Gasteiger partial charge in [0.15, 0.2) is 23.0 Å². The second-order valence-corrected chi connectivity index (χ2v) is 7.20. The molecule has 0 aliphatic carbocycles. The third-order valence-electron chi connectivity index (χ3n) is 4.46. The fraction of sp³-hybridized carbons (Fsp3) is 0.136. The first-order chi connectivity index (χ1) is 15.1. The number of allylic oxidation sites excluding steroid dienone is 1. The number of benzene rings is 1. The number of fused-ring (bicyclic) bond motifs is 1. The monoisotopic (exact) mass is 455 g/mol. The van der Waals surface area contributed by atoms with Crippen LogP contribution in [0.25, 0.3) is 11.6 Å². The van der Waals surface area contributed by atoms with Crippen molar-refractivity contribution < 1.29 is 18.9 Å². The van der Waals surface area contributed by atoms with Gasteiger partial charge in [-0.2, -0.15) is 5.26 Å². The van der Waals surface area contributed by atoms with Gasteiger partial charge in [-0.3, -0.25) is 9.97 Å². The fourth-order valence-electron chi connectivity index (χ4n) is 2.90. The fourth-order valence-corrected chi connectivity index (χ4v) is 3.37. The number of ether oxygens (including phenoxy) is 4. The van der Waals surface area contributed by atoms with Crippen molar-refractivity contribution in [3.63, 3.8) is 0 Å². The number of pyridine rings is 2. The summed E-state index contributed by atoms with van der Waals surface area (Å²) >= 11 is 12.3. The number of nitrogens with zero attached hydrogens (tertiary/aromatic N) is 3. The maximum absolute atomic E-state index is 9.68. The standard InChI is InChI=1S/C22H15Cl2N3O4/c1-28-22-10-27-18(14(7-25)5-15-16(23)8-26-9-17(15)24)6-21(22)29-11-13-2-3-19-20(4-13)31-12-30-19/h2-6,8-10H,11-12H2,1H3. The predicted octanol–water partition coefficient (Wildman–Crippen LogP) is 5.16. The summed E-state index contributed by atoms with van der Waals surface area (Å²) in [5.74, 6) is 2.23. The molecule has 0 atom stereocenters. The molecule has 0 N–H and O–H groups in total. The minimum Gasteiger partial charge on any atom is -0.491 e. The molecule has 4 rings (SSSR count). The van der Waals surface area contributed by atoms with E-state index < -0.39 is 0 Å². The van der Waals surface area contributed by atoms with Crippen molar-refractivity contribution in [2.45, 2.75) is 6.61 Å². The number of hydrogen-bond acceptors (Lipinski definition) is 7. The smallest absolute Gasteiger partial charge is 0.231 e. The summed E-state index contributed by atoms with van der Waals surface area (Å²) in [5, 5.41) is 10.3. The molecule has 0 unspecified atom stereocenters. The van der Waals surface area contributed by atoms with Gasteiger partial charge in [0.2, 0.25) is 6.79 Å². The number of nitriles is 1. The number of halogens is 2. The lowest BCUT2D eigenvalue weighted by atomic mass is 10.1. The zero-order chi connectivity index (χ0) is 21.8. The number of aromatic nitrogens is 2. The molecule has 31 heavy (non-hydrogen) atoms. The Morgan fingerprint density at radius 3 is 2.65 bits per heavy atom. The topological polar surface area (TPSA) is 86.5 Å². The molecule has 0 spiro atoms. The van der Waals surface area contributed by atoms with Crippen LogP contribution in [0.15, 0.2) is 42.9 Å². The van der Waals surface area contributed by atoms with Gasteiger partial charge in [0.25, 0.3) is 0 Å². The molecule has 0 radical (unpaired) electrons. The molecule has 9 heteroatoms. The summed E-state index contributed by atoms with van der Waals surface area (Å²) in [6.45, 7) is 0.458. The molecule has 0 amide bonds. The zero-order valence-electron chi connectivity index (χ0n) is 16.3. The Kier molecular flexibility index (Phi) is 6.12. The SMILES string of the molecule is COc1cnc(C(C#N)=Cc2c(Cl)cncc2Cl)cc1OCc1ccc2c(c1)OCO2. The predicted molar refractivity (Wildman–Crippen MR) is 115 cm³/mol. The Hall–Kier alpha value is -3.47. The lowest BCUT2D eigenvalue weighted by Crippen LogP contribution is -2.00. The molecule has 0 saturated heterocycles. The van der Waals surface area contributed by atoms with E-state index in [0.29, 0.717) is 44.3 Å². The summed E-state index contributed by atoms with van der Waals surface area (Å²) in [7, 11) is 1.52. The van der Waals surface area contributed by atoms with Gasteiger partial charge >= 0.3 is 0 Å². The number of methoxy groups -OCH3 is 1. The first kappa shape index (κ1) is 20.8. The molecule has 1 aliphatic rings. The average molecular weight is 456 g/mol. The van der Waals surface area contributed by atoms with Crippen LogP contribution in [0.2, 0.25) is 10.0 Å². The van der Waals surface area contributed by atoms with E-state index in [-0.39, 0.29) is 19.0 Å². The van der Waals surface area contributed by atoms with Gasteiger partial charge in [-0.15, -0.1) is 0 Å². The van der Waals surface area contributed by atoms with E-state index in [1.807, 2.05) is 18.2 Å². The lowest BCUT2D eigenvalue weighted by Gasteiger charge is -2.12. The molecule has 156 valence electrons. The second kappa shape index (κ2) is 9.13. The van der Waals surface area contributed by atoms with Gasteiger partial charge in [-0.25, -0.2) is 0 Å². The Bertz CT molecular complexity index is 1190. The van der Waals surface area contributed by atoms with Crippen LogP contribution in [0, 0.1) is 11.3 Å². The van der Waals surface area contributed by atoms with Gasteiger partial charge in [0.1, 0.15) is 12.7 Å². The normalized spacial score (nSPS) is 12.4. The van der Waals surface area contributed by atoms with E-state index in [1.54, 1.807) is 12.1 Å². The van der Waals surface area contributed by atoms with Crippen molar-refractivity contribution >= 4 is 34.9 Å². The van der Waals surface area contributed by atoms with Gasteiger partial charge in [0, 0.05) is 24.0 Å². The molecule has 2 aromatic heterocycles. The minimum atomic E-state index is 0.204. The van der Waals surface area contributed by atoms with Crippen molar-refractivity contribution in [2.75, 3.05) is 13.9 Å². The van der Waals surface area contributed by atoms with E-state index in [4.69, 9.17) is 42.1 Å². The van der Waals surface area contributed by atoms with Crippen LogP contribution in [0.3, 0.4) is 0 Å². The molecule has 1 aliphatic heterocycles. The summed E-state index contributed by atoms with van der Waals surface area (Å²) in [5.41, 5.74) is 2.00. The minimum absolute atomic E-state index is 0.204. The van der Waals surface area contributed by atoms with E-state index >= 15 is 0 Å². The van der Waals surface area contributed by atoms with Gasteiger partial charge in [-0.05, 0) is 23.8 Å². The van der Waals surface area contributed by atoms with Crippen LogP contribution in [-0.4, -0.2) is 23.9 Å². The van der Waals surface area contributed by atoms with Gasteiger partial charge < -0.3 is 18.9 Å². The van der Waals surface area contributed by atoms with Crippen LogP contribution in [-0.2, 0) is 6.61 Å². The number of rotatable bonds is 6. The van der Waals surface area contributed by atoms with Crippen molar-refractivity contribution in [3.8, 4) is 29.1 Å². The average Bonchev–Trinajstić information content (AvgIpc) is 3.25. The molecule has 3 aromatic rings. The van der Waals surface area contributed by atoms with Gasteiger partial charge in [0.05, 0.1) is 34.6 Å². The molecule has 0 fully saturated rings. The molecule has 1 aromatic carbocycles. The maximum atomic E-state index is 9.68. The molecule has 0 bridgehead atoms. The third kappa shape index (κ3) is 4.50. The quantitative estimate of drug-likeness (QED) is 0.474. The second-order valence-electron chi connectivity index (χ2n) is 6.38. The highest BCUT2D eigenvalue weighted by molar-refractivity contribution is 6.37. The molecule has 3 heterocycles. The number of hydrogen-bond donors (Lipinski definition) is 0. The summed E-state index contributed by atoms with van der Waals surface area (Å²) in [6.07, 6.45) is 5.96. The molecular formula is C22H15Cl2N3O4. The van der Waals surface area contributed by atoms with Crippen molar-refractivity contribution in [2.24, 2.45) is 0 Å². The Morgan fingerprint density at radius 1 is 1.13 bits per heavy atom. The van der Waals surface area contributed by atoms with E-state index in [1.165, 1.54) is 25.7 Å². The maximum Gasteiger partial charge on any atom is 0.231 e. The summed E-state index contributed by atoms with van der Waals surface area (Å²) in [4.78, 5) is 8.22. The summed E-state index contributed by atoms with van der Waals surface area (Å²) < 4.78 is 22.0. The van der Waals surface area contributed by atoms with E-state index in [9.17, 15) is 5.26 Å². The van der Waals surface area contributed by atoms with Crippen molar-refractivity contribution in [1.82, 2.24) is 9.97 Å². The van der Waals surface area contributed by atoms with Crippen molar-refractivity contribution in [3.05, 3.63) is 69.7 Å². The van der Waals surface area contributed by atoms with Crippen LogP contribution in [0.5, 0.6) is 23.0 Å².